The minimum Gasteiger partial charge on any atom is -0.382 e. The number of rotatable bonds is 5. The Hall–Kier alpha value is -2.87. The molecule has 2 heterocycles. The number of alkyl halides is 2. The minimum absolute atomic E-state index is 0.102. The number of aryl methyl sites for hydroxylation is 2. The highest BCUT2D eigenvalue weighted by molar-refractivity contribution is 5.42. The number of anilines is 1. The summed E-state index contributed by atoms with van der Waals surface area (Å²) in [6.45, 7) is 3.79. The molecule has 1 aliphatic carbocycles. The zero-order valence-electron chi connectivity index (χ0n) is 17.0. The summed E-state index contributed by atoms with van der Waals surface area (Å²) >= 11 is 0. The van der Waals surface area contributed by atoms with Gasteiger partial charge in [0.1, 0.15) is 11.9 Å². The van der Waals surface area contributed by atoms with E-state index in [4.69, 9.17) is 0 Å². The van der Waals surface area contributed by atoms with Crippen LogP contribution in [-0.4, -0.2) is 36.8 Å². The molecular weight excluding hydrogens is 388 g/mol. The van der Waals surface area contributed by atoms with Gasteiger partial charge >= 0.3 is 0 Å². The number of hydrogen-bond acceptors (Lipinski definition) is 5. The predicted octanol–water partition coefficient (Wildman–Crippen LogP) is 4.35. The number of nitrogens with zero attached hydrogens (tertiary/aromatic N) is 4. The normalized spacial score (nSPS) is 17.6. The number of nitrogens with one attached hydrogen (secondary N) is 1. The largest absolute Gasteiger partial charge is 0.382 e. The smallest absolute Gasteiger partial charge is 0.253 e. The van der Waals surface area contributed by atoms with Gasteiger partial charge in [-0.2, -0.15) is 10.1 Å². The Morgan fingerprint density at radius 3 is 2.43 bits per heavy atom. The molecule has 0 saturated heterocycles. The van der Waals surface area contributed by atoms with Crippen LogP contribution in [0.15, 0.2) is 42.5 Å². The highest BCUT2D eigenvalue weighted by atomic mass is 19.3. The molecule has 1 aromatic carbocycles. The SMILES string of the molecule is Cc1cc(C)n(-c2nc(NC3CCC(F)(F)CC3)cc(C(O)c3ccccc3)n2)n1. The summed E-state index contributed by atoms with van der Waals surface area (Å²) in [7, 11) is 0. The molecule has 0 aliphatic heterocycles. The fraction of sp³-hybridized carbons (Fsp3) is 0.409. The van der Waals surface area contributed by atoms with E-state index in [1.54, 1.807) is 10.7 Å². The van der Waals surface area contributed by atoms with Crippen molar-refractivity contribution in [1.29, 1.82) is 0 Å². The topological polar surface area (TPSA) is 75.9 Å². The molecule has 4 rings (SSSR count). The Balaban J connectivity index is 1.68. The van der Waals surface area contributed by atoms with E-state index in [9.17, 15) is 13.9 Å². The van der Waals surface area contributed by atoms with Crippen molar-refractivity contribution in [3.05, 3.63) is 65.1 Å². The molecule has 1 saturated carbocycles. The van der Waals surface area contributed by atoms with Crippen LogP contribution in [0.1, 0.15) is 54.4 Å². The van der Waals surface area contributed by atoms with Gasteiger partial charge in [0.25, 0.3) is 5.95 Å². The van der Waals surface area contributed by atoms with E-state index in [1.807, 2.05) is 50.2 Å². The average Bonchev–Trinajstić information content (AvgIpc) is 3.07. The van der Waals surface area contributed by atoms with Gasteiger partial charge in [0.2, 0.25) is 5.92 Å². The van der Waals surface area contributed by atoms with Crippen molar-refractivity contribution >= 4 is 5.82 Å². The first-order chi connectivity index (χ1) is 14.3. The monoisotopic (exact) mass is 413 g/mol. The van der Waals surface area contributed by atoms with Crippen LogP contribution in [0.2, 0.25) is 0 Å². The molecule has 0 amide bonds. The summed E-state index contributed by atoms with van der Waals surface area (Å²) in [6.07, 6.45) is -0.494. The molecule has 1 unspecified atom stereocenters. The Kier molecular flexibility index (Phi) is 5.51. The molecular formula is C22H25F2N5O. The lowest BCUT2D eigenvalue weighted by Gasteiger charge is -2.29. The second kappa shape index (κ2) is 8.10. The standard InChI is InChI=1S/C22H25F2N5O/c1-14-12-15(2)29(28-14)21-26-18(20(30)16-6-4-3-5-7-16)13-19(27-21)25-17-8-10-22(23,24)11-9-17/h3-7,12-13,17,20,30H,8-11H2,1-2H3,(H,25,26,27). The van der Waals surface area contributed by atoms with Crippen LogP contribution in [-0.2, 0) is 0 Å². The first kappa shape index (κ1) is 20.4. The minimum atomic E-state index is -2.59. The number of aliphatic hydroxyl groups is 1. The summed E-state index contributed by atoms with van der Waals surface area (Å²) in [4.78, 5) is 9.11. The number of aromatic nitrogens is 4. The third-order valence-corrected chi connectivity index (χ3v) is 5.40. The second-order valence-corrected chi connectivity index (χ2v) is 7.90. The molecule has 30 heavy (non-hydrogen) atoms. The van der Waals surface area contributed by atoms with Crippen LogP contribution >= 0.6 is 0 Å². The van der Waals surface area contributed by atoms with E-state index < -0.39 is 12.0 Å². The van der Waals surface area contributed by atoms with E-state index in [0.717, 1.165) is 11.4 Å². The molecule has 2 N–H and O–H groups in total. The van der Waals surface area contributed by atoms with Crippen LogP contribution in [0.25, 0.3) is 5.95 Å². The third-order valence-electron chi connectivity index (χ3n) is 5.40. The molecule has 0 radical (unpaired) electrons. The number of halogens is 2. The fourth-order valence-electron chi connectivity index (χ4n) is 3.79. The highest BCUT2D eigenvalue weighted by Crippen LogP contribution is 2.34. The maximum atomic E-state index is 13.5. The molecule has 2 aromatic heterocycles. The molecule has 1 fully saturated rings. The Labute approximate surface area is 174 Å². The van der Waals surface area contributed by atoms with Gasteiger partial charge in [-0.15, -0.1) is 0 Å². The van der Waals surface area contributed by atoms with Crippen LogP contribution in [0.4, 0.5) is 14.6 Å². The lowest BCUT2D eigenvalue weighted by molar-refractivity contribution is -0.0361. The van der Waals surface area contributed by atoms with Crippen LogP contribution < -0.4 is 5.32 Å². The zero-order chi connectivity index (χ0) is 21.3. The van der Waals surface area contributed by atoms with Crippen molar-refractivity contribution in [3.8, 4) is 5.95 Å². The Morgan fingerprint density at radius 1 is 1.10 bits per heavy atom. The maximum Gasteiger partial charge on any atom is 0.253 e. The molecule has 0 bridgehead atoms. The van der Waals surface area contributed by atoms with Gasteiger partial charge in [-0.05, 0) is 38.3 Å². The summed E-state index contributed by atoms with van der Waals surface area (Å²) in [5.41, 5.74) is 2.82. The first-order valence-electron chi connectivity index (χ1n) is 10.1. The molecule has 6 nitrogen and oxygen atoms in total. The van der Waals surface area contributed by atoms with Crippen molar-refractivity contribution in [2.75, 3.05) is 5.32 Å². The van der Waals surface area contributed by atoms with Crippen molar-refractivity contribution in [1.82, 2.24) is 19.7 Å². The Bertz CT molecular complexity index is 1010. The number of benzene rings is 1. The van der Waals surface area contributed by atoms with E-state index >= 15 is 0 Å². The van der Waals surface area contributed by atoms with Crippen molar-refractivity contribution in [3.63, 3.8) is 0 Å². The van der Waals surface area contributed by atoms with Gasteiger partial charge in [0, 0.05) is 30.6 Å². The number of hydrogen-bond donors (Lipinski definition) is 2. The van der Waals surface area contributed by atoms with E-state index in [-0.39, 0.29) is 18.9 Å². The van der Waals surface area contributed by atoms with Crippen LogP contribution in [0, 0.1) is 13.8 Å². The quantitative estimate of drug-likeness (QED) is 0.650. The van der Waals surface area contributed by atoms with E-state index in [0.29, 0.717) is 35.9 Å². The number of aliphatic hydroxyl groups excluding tert-OH is 1. The molecule has 158 valence electrons. The molecule has 8 heteroatoms. The predicted molar refractivity (Wildman–Crippen MR) is 110 cm³/mol. The van der Waals surface area contributed by atoms with Crippen molar-refractivity contribution in [2.24, 2.45) is 0 Å². The lowest BCUT2D eigenvalue weighted by Crippen LogP contribution is -2.32. The van der Waals surface area contributed by atoms with Crippen molar-refractivity contribution < 1.29 is 13.9 Å². The summed E-state index contributed by atoms with van der Waals surface area (Å²) in [5, 5.41) is 18.6. The molecule has 0 spiro atoms. The van der Waals surface area contributed by atoms with E-state index in [2.05, 4.69) is 20.4 Å². The highest BCUT2D eigenvalue weighted by Gasteiger charge is 2.35. The average molecular weight is 413 g/mol. The fourth-order valence-corrected chi connectivity index (χ4v) is 3.79. The second-order valence-electron chi connectivity index (χ2n) is 7.90. The first-order valence-corrected chi connectivity index (χ1v) is 10.1. The summed E-state index contributed by atoms with van der Waals surface area (Å²) in [6, 6.07) is 12.7. The maximum absolute atomic E-state index is 13.5. The van der Waals surface area contributed by atoms with Gasteiger partial charge in [0.15, 0.2) is 0 Å². The van der Waals surface area contributed by atoms with Gasteiger partial charge in [-0.3, -0.25) is 0 Å². The van der Waals surface area contributed by atoms with Crippen molar-refractivity contribution in [2.45, 2.75) is 57.6 Å². The zero-order valence-corrected chi connectivity index (χ0v) is 17.0. The van der Waals surface area contributed by atoms with Gasteiger partial charge in [0.05, 0.1) is 11.4 Å². The van der Waals surface area contributed by atoms with Gasteiger partial charge in [-0.1, -0.05) is 30.3 Å². The third kappa shape index (κ3) is 4.48. The van der Waals surface area contributed by atoms with E-state index in [1.165, 1.54) is 0 Å². The van der Waals surface area contributed by atoms with Crippen LogP contribution in [0.5, 0.6) is 0 Å². The van der Waals surface area contributed by atoms with Gasteiger partial charge < -0.3 is 10.4 Å². The molecule has 3 aromatic rings. The Morgan fingerprint density at radius 2 is 1.80 bits per heavy atom. The molecule has 1 aliphatic rings. The summed E-state index contributed by atoms with van der Waals surface area (Å²) < 4.78 is 28.6. The van der Waals surface area contributed by atoms with Crippen LogP contribution in [0.3, 0.4) is 0 Å². The summed E-state index contributed by atoms with van der Waals surface area (Å²) in [5.74, 6) is -1.77. The lowest BCUT2D eigenvalue weighted by atomic mass is 9.92. The molecule has 1 atom stereocenters. The van der Waals surface area contributed by atoms with Gasteiger partial charge in [-0.25, -0.2) is 18.4 Å².